The van der Waals surface area contributed by atoms with E-state index in [2.05, 4.69) is 0 Å². The maximum atomic E-state index is 12.1. The highest BCUT2D eigenvalue weighted by molar-refractivity contribution is 5.90. The molecule has 0 saturated carbocycles. The first kappa shape index (κ1) is 13.0. The van der Waals surface area contributed by atoms with Gasteiger partial charge in [-0.15, -0.1) is 0 Å². The van der Waals surface area contributed by atoms with E-state index >= 15 is 0 Å². The topological polar surface area (TPSA) is 66.6 Å². The molecule has 0 aromatic heterocycles. The second-order valence-electron chi connectivity index (χ2n) is 4.67. The number of nitrogens with zero attached hydrogens (tertiary/aromatic N) is 2. The average molecular weight is 227 g/mol. The van der Waals surface area contributed by atoms with Gasteiger partial charge in [0.25, 0.3) is 0 Å². The molecule has 0 aromatic rings. The van der Waals surface area contributed by atoms with Crippen molar-refractivity contribution in [3.63, 3.8) is 0 Å². The number of rotatable bonds is 2. The Morgan fingerprint density at radius 3 is 2.69 bits per heavy atom. The van der Waals surface area contributed by atoms with Crippen molar-refractivity contribution >= 4 is 11.8 Å². The van der Waals surface area contributed by atoms with Crippen molar-refractivity contribution in [2.75, 3.05) is 26.7 Å². The standard InChI is InChI=1S/C11H21N3O2/c1-4-11(2,12)10(16)14-7-5-6-13(3)9(15)8-14/h4-8,12H2,1-3H3. The van der Waals surface area contributed by atoms with Crippen molar-refractivity contribution in [3.05, 3.63) is 0 Å². The summed E-state index contributed by atoms with van der Waals surface area (Å²) in [6.07, 6.45) is 1.39. The first-order valence-electron chi connectivity index (χ1n) is 5.70. The van der Waals surface area contributed by atoms with Crippen LogP contribution in [0.15, 0.2) is 0 Å². The van der Waals surface area contributed by atoms with Crippen molar-refractivity contribution in [2.24, 2.45) is 5.73 Å². The van der Waals surface area contributed by atoms with Gasteiger partial charge >= 0.3 is 0 Å². The van der Waals surface area contributed by atoms with E-state index in [1.807, 2.05) is 6.92 Å². The third-order valence-corrected chi connectivity index (χ3v) is 3.18. The zero-order chi connectivity index (χ0) is 12.3. The summed E-state index contributed by atoms with van der Waals surface area (Å²) in [5.41, 5.74) is 5.05. The normalized spacial score (nSPS) is 21.6. The van der Waals surface area contributed by atoms with E-state index < -0.39 is 5.54 Å². The Hall–Kier alpha value is -1.10. The van der Waals surface area contributed by atoms with Crippen LogP contribution in [0.3, 0.4) is 0 Å². The van der Waals surface area contributed by atoms with E-state index in [4.69, 9.17) is 5.73 Å². The highest BCUT2D eigenvalue weighted by atomic mass is 16.2. The molecule has 0 bridgehead atoms. The quantitative estimate of drug-likeness (QED) is 0.710. The molecular formula is C11H21N3O2. The van der Waals surface area contributed by atoms with Crippen LogP contribution in [-0.4, -0.2) is 53.8 Å². The summed E-state index contributed by atoms with van der Waals surface area (Å²) in [5, 5.41) is 0. The molecule has 16 heavy (non-hydrogen) atoms. The molecule has 0 spiro atoms. The van der Waals surface area contributed by atoms with E-state index in [1.54, 1.807) is 23.8 Å². The first-order chi connectivity index (χ1) is 7.38. The number of likely N-dealkylation sites (N-methyl/N-ethyl adjacent to an activating group) is 1. The van der Waals surface area contributed by atoms with Crippen LogP contribution in [0.1, 0.15) is 26.7 Å². The van der Waals surface area contributed by atoms with E-state index in [1.165, 1.54) is 0 Å². The van der Waals surface area contributed by atoms with Gasteiger partial charge in [0.15, 0.2) is 0 Å². The minimum absolute atomic E-state index is 0.0160. The lowest BCUT2D eigenvalue weighted by molar-refractivity contribution is -0.141. The van der Waals surface area contributed by atoms with Crippen molar-refractivity contribution in [1.29, 1.82) is 0 Å². The minimum atomic E-state index is -0.858. The average Bonchev–Trinajstić information content (AvgIpc) is 2.41. The third-order valence-electron chi connectivity index (χ3n) is 3.18. The zero-order valence-electron chi connectivity index (χ0n) is 10.3. The van der Waals surface area contributed by atoms with E-state index in [9.17, 15) is 9.59 Å². The first-order valence-corrected chi connectivity index (χ1v) is 5.70. The molecule has 1 saturated heterocycles. The Kier molecular flexibility index (Phi) is 3.91. The minimum Gasteiger partial charge on any atom is -0.344 e. The van der Waals surface area contributed by atoms with E-state index in [-0.39, 0.29) is 18.4 Å². The molecule has 1 rings (SSSR count). The highest BCUT2D eigenvalue weighted by Gasteiger charge is 2.33. The molecule has 1 heterocycles. The maximum Gasteiger partial charge on any atom is 0.242 e. The molecule has 1 aliphatic rings. The number of amides is 2. The Balaban J connectivity index is 2.73. The van der Waals surface area contributed by atoms with Crippen LogP contribution in [-0.2, 0) is 9.59 Å². The van der Waals surface area contributed by atoms with Crippen LogP contribution in [0.25, 0.3) is 0 Å². The summed E-state index contributed by atoms with van der Waals surface area (Å²) >= 11 is 0. The van der Waals surface area contributed by atoms with Crippen molar-refractivity contribution in [3.8, 4) is 0 Å². The Labute approximate surface area is 96.6 Å². The summed E-state index contributed by atoms with van der Waals surface area (Å²) in [6, 6.07) is 0. The van der Waals surface area contributed by atoms with Gasteiger partial charge in [-0.05, 0) is 19.8 Å². The fourth-order valence-electron chi connectivity index (χ4n) is 1.67. The summed E-state index contributed by atoms with van der Waals surface area (Å²) in [4.78, 5) is 27.0. The van der Waals surface area contributed by atoms with Gasteiger partial charge in [-0.2, -0.15) is 0 Å². The van der Waals surface area contributed by atoms with Gasteiger partial charge in [0.05, 0.1) is 12.1 Å². The number of nitrogens with two attached hydrogens (primary N) is 1. The molecule has 1 atom stereocenters. The van der Waals surface area contributed by atoms with E-state index in [0.717, 1.165) is 6.42 Å². The Bertz CT molecular complexity index is 289. The summed E-state index contributed by atoms with van der Waals surface area (Å²) in [5.74, 6) is -0.142. The Morgan fingerprint density at radius 1 is 1.50 bits per heavy atom. The summed E-state index contributed by atoms with van der Waals surface area (Å²) < 4.78 is 0. The van der Waals surface area contributed by atoms with Crippen LogP contribution < -0.4 is 5.73 Å². The lowest BCUT2D eigenvalue weighted by Gasteiger charge is -2.29. The predicted molar refractivity (Wildman–Crippen MR) is 61.7 cm³/mol. The molecule has 2 amide bonds. The molecule has 2 N–H and O–H groups in total. The molecule has 0 radical (unpaired) electrons. The molecule has 5 nitrogen and oxygen atoms in total. The fourth-order valence-corrected chi connectivity index (χ4v) is 1.67. The second kappa shape index (κ2) is 4.82. The largest absolute Gasteiger partial charge is 0.344 e. The van der Waals surface area contributed by atoms with Crippen LogP contribution in [0.5, 0.6) is 0 Å². The number of carbonyl (C=O) groups is 2. The monoisotopic (exact) mass is 227 g/mol. The van der Waals surface area contributed by atoms with Gasteiger partial charge in [-0.25, -0.2) is 0 Å². The maximum absolute atomic E-state index is 12.1. The van der Waals surface area contributed by atoms with E-state index in [0.29, 0.717) is 19.5 Å². The van der Waals surface area contributed by atoms with Gasteiger partial charge in [0.2, 0.25) is 11.8 Å². The predicted octanol–water partition coefficient (Wildman–Crippen LogP) is -0.195. The third kappa shape index (κ3) is 2.72. The van der Waals surface area contributed by atoms with Gasteiger partial charge in [0, 0.05) is 20.1 Å². The van der Waals surface area contributed by atoms with Gasteiger partial charge in [-0.1, -0.05) is 6.92 Å². The number of carbonyl (C=O) groups excluding carboxylic acids is 2. The number of hydrogen-bond donors (Lipinski definition) is 1. The molecule has 1 aliphatic heterocycles. The van der Waals surface area contributed by atoms with Crippen LogP contribution in [0.2, 0.25) is 0 Å². The van der Waals surface area contributed by atoms with Crippen LogP contribution >= 0.6 is 0 Å². The molecule has 5 heteroatoms. The van der Waals surface area contributed by atoms with Crippen LogP contribution in [0.4, 0.5) is 0 Å². The molecule has 0 aliphatic carbocycles. The molecule has 1 fully saturated rings. The second-order valence-corrected chi connectivity index (χ2v) is 4.67. The SMILES string of the molecule is CCC(C)(N)C(=O)N1CCCN(C)C(=O)C1. The lowest BCUT2D eigenvalue weighted by atomic mass is 9.98. The molecular weight excluding hydrogens is 206 g/mol. The van der Waals surface area contributed by atoms with Crippen molar-refractivity contribution in [2.45, 2.75) is 32.2 Å². The summed E-state index contributed by atoms with van der Waals surface area (Å²) in [6.45, 7) is 5.07. The van der Waals surface area contributed by atoms with Gasteiger partial charge in [0.1, 0.15) is 0 Å². The van der Waals surface area contributed by atoms with Crippen LogP contribution in [0, 0.1) is 0 Å². The molecule has 92 valence electrons. The van der Waals surface area contributed by atoms with Crippen molar-refractivity contribution < 1.29 is 9.59 Å². The number of hydrogen-bond acceptors (Lipinski definition) is 3. The van der Waals surface area contributed by atoms with Gasteiger partial charge in [-0.3, -0.25) is 9.59 Å². The molecule has 1 unspecified atom stereocenters. The Morgan fingerprint density at radius 2 is 2.12 bits per heavy atom. The smallest absolute Gasteiger partial charge is 0.242 e. The van der Waals surface area contributed by atoms with Crippen molar-refractivity contribution in [1.82, 2.24) is 9.80 Å². The zero-order valence-corrected chi connectivity index (χ0v) is 10.3. The molecule has 0 aromatic carbocycles. The fraction of sp³-hybridized carbons (Fsp3) is 0.818. The highest BCUT2D eigenvalue weighted by Crippen LogP contribution is 2.12. The summed E-state index contributed by atoms with van der Waals surface area (Å²) in [7, 11) is 1.76. The lowest BCUT2D eigenvalue weighted by Crippen LogP contribution is -2.54. The van der Waals surface area contributed by atoms with Gasteiger partial charge < -0.3 is 15.5 Å².